The van der Waals surface area contributed by atoms with Crippen LogP contribution in [-0.4, -0.2) is 18.1 Å². The topological polar surface area (TPSA) is 47.6 Å². The lowest BCUT2D eigenvalue weighted by Gasteiger charge is -2.19. The van der Waals surface area contributed by atoms with Gasteiger partial charge in [-0.1, -0.05) is 42.5 Å². The van der Waals surface area contributed by atoms with Crippen LogP contribution in [0.1, 0.15) is 26.3 Å². The number of para-hydroxylation sites is 1. The average molecular weight is 367 g/mol. The number of ether oxygens (including phenoxy) is 2. The summed E-state index contributed by atoms with van der Waals surface area (Å²) in [4.78, 5) is 11.6. The van der Waals surface area contributed by atoms with Gasteiger partial charge in [0.25, 0.3) is 0 Å². The number of benzene rings is 2. The fourth-order valence-electron chi connectivity index (χ4n) is 2.21. The van der Waals surface area contributed by atoms with Crippen molar-refractivity contribution < 1.29 is 27.4 Å². The molecule has 0 aliphatic heterocycles. The van der Waals surface area contributed by atoms with Crippen LogP contribution in [0.5, 0.6) is 5.75 Å². The molecule has 1 amide bonds. The Hall–Kier alpha value is -2.70. The number of carbonyl (C=O) groups excluding carboxylic acids is 1. The van der Waals surface area contributed by atoms with Crippen LogP contribution in [0.2, 0.25) is 0 Å². The number of halogens is 3. The minimum atomic E-state index is -4.76. The molecule has 26 heavy (non-hydrogen) atoms. The Morgan fingerprint density at radius 1 is 1.00 bits per heavy atom. The summed E-state index contributed by atoms with van der Waals surface area (Å²) in [5.41, 5.74) is 1.10. The first-order valence-corrected chi connectivity index (χ1v) is 7.94. The molecule has 0 radical (unpaired) electrons. The van der Waals surface area contributed by atoms with Gasteiger partial charge in [0.05, 0.1) is 0 Å². The summed E-state index contributed by atoms with van der Waals surface area (Å²) in [7, 11) is 0. The monoisotopic (exact) mass is 367 g/mol. The van der Waals surface area contributed by atoms with Crippen LogP contribution < -0.4 is 10.1 Å². The number of hydrogen-bond acceptors (Lipinski definition) is 3. The van der Waals surface area contributed by atoms with Crippen molar-refractivity contribution in [3.8, 4) is 16.9 Å². The molecule has 0 heterocycles. The van der Waals surface area contributed by atoms with Gasteiger partial charge < -0.3 is 14.8 Å². The number of amides is 1. The molecule has 0 spiro atoms. The minimum Gasteiger partial charge on any atom is -0.444 e. The zero-order valence-electron chi connectivity index (χ0n) is 14.7. The van der Waals surface area contributed by atoms with Gasteiger partial charge in [-0.05, 0) is 38.0 Å². The second-order valence-electron chi connectivity index (χ2n) is 6.60. The molecule has 7 heteroatoms. The highest BCUT2D eigenvalue weighted by Gasteiger charge is 2.32. The highest BCUT2D eigenvalue weighted by molar-refractivity contribution is 5.71. The van der Waals surface area contributed by atoms with Crippen molar-refractivity contribution in [3.63, 3.8) is 0 Å². The summed E-state index contributed by atoms with van der Waals surface area (Å²) < 4.78 is 46.8. The fourth-order valence-corrected chi connectivity index (χ4v) is 2.21. The molecule has 140 valence electrons. The van der Waals surface area contributed by atoms with E-state index in [0.29, 0.717) is 11.1 Å². The van der Waals surface area contributed by atoms with E-state index < -0.39 is 18.1 Å². The van der Waals surface area contributed by atoms with E-state index in [1.165, 1.54) is 12.1 Å². The highest BCUT2D eigenvalue weighted by atomic mass is 19.4. The van der Waals surface area contributed by atoms with Gasteiger partial charge in [-0.25, -0.2) is 4.79 Å². The van der Waals surface area contributed by atoms with E-state index in [1.807, 2.05) is 0 Å². The van der Waals surface area contributed by atoms with Gasteiger partial charge in [0.1, 0.15) is 11.4 Å². The summed E-state index contributed by atoms with van der Waals surface area (Å²) in [6, 6.07) is 12.7. The fraction of sp³-hybridized carbons (Fsp3) is 0.316. The SMILES string of the molecule is CC(C)(C)OC(=O)NCc1ccc(-c2ccccc2OC(F)(F)F)cc1. The van der Waals surface area contributed by atoms with Gasteiger partial charge in [-0.2, -0.15) is 0 Å². The number of alkyl halides is 3. The maximum absolute atomic E-state index is 12.5. The molecule has 4 nitrogen and oxygen atoms in total. The Balaban J connectivity index is 2.07. The first-order valence-electron chi connectivity index (χ1n) is 7.94. The van der Waals surface area contributed by atoms with Crippen LogP contribution in [0.4, 0.5) is 18.0 Å². The molecule has 2 aromatic carbocycles. The number of rotatable bonds is 4. The summed E-state index contributed by atoms with van der Waals surface area (Å²) >= 11 is 0. The lowest BCUT2D eigenvalue weighted by atomic mass is 10.0. The molecule has 0 atom stereocenters. The van der Waals surface area contributed by atoms with Gasteiger partial charge in [-0.15, -0.1) is 13.2 Å². The number of hydrogen-bond donors (Lipinski definition) is 1. The molecule has 0 aliphatic carbocycles. The lowest BCUT2D eigenvalue weighted by Crippen LogP contribution is -2.32. The van der Waals surface area contributed by atoms with Crippen molar-refractivity contribution in [2.45, 2.75) is 39.3 Å². The number of alkyl carbamates (subject to hydrolysis) is 1. The van der Waals surface area contributed by atoms with Crippen LogP contribution in [0, 0.1) is 0 Å². The maximum Gasteiger partial charge on any atom is 0.573 e. The third-order valence-corrected chi connectivity index (χ3v) is 3.21. The third-order valence-electron chi connectivity index (χ3n) is 3.21. The lowest BCUT2D eigenvalue weighted by molar-refractivity contribution is -0.274. The Morgan fingerprint density at radius 3 is 2.19 bits per heavy atom. The molecule has 2 rings (SSSR count). The van der Waals surface area contributed by atoms with E-state index in [9.17, 15) is 18.0 Å². The van der Waals surface area contributed by atoms with Crippen molar-refractivity contribution in [2.24, 2.45) is 0 Å². The van der Waals surface area contributed by atoms with Crippen LogP contribution in [0.25, 0.3) is 11.1 Å². The van der Waals surface area contributed by atoms with Gasteiger partial charge in [0, 0.05) is 12.1 Å². The Morgan fingerprint density at radius 2 is 1.62 bits per heavy atom. The van der Waals surface area contributed by atoms with E-state index in [1.54, 1.807) is 57.2 Å². The van der Waals surface area contributed by atoms with E-state index in [2.05, 4.69) is 10.1 Å². The molecule has 0 saturated carbocycles. The molecule has 2 aromatic rings. The Kier molecular flexibility index (Phi) is 5.79. The largest absolute Gasteiger partial charge is 0.573 e. The van der Waals surface area contributed by atoms with E-state index in [4.69, 9.17) is 4.74 Å². The van der Waals surface area contributed by atoms with E-state index in [0.717, 1.165) is 5.56 Å². The standard InChI is InChI=1S/C19H20F3NO3/c1-18(2,3)26-17(24)23-12-13-8-10-14(11-9-13)15-6-4-5-7-16(15)25-19(20,21)22/h4-11H,12H2,1-3H3,(H,23,24). The third kappa shape index (κ3) is 6.31. The first-order chi connectivity index (χ1) is 12.0. The van der Waals surface area contributed by atoms with Crippen molar-refractivity contribution in [2.75, 3.05) is 0 Å². The van der Waals surface area contributed by atoms with Crippen LogP contribution in [-0.2, 0) is 11.3 Å². The van der Waals surface area contributed by atoms with Crippen molar-refractivity contribution in [3.05, 3.63) is 54.1 Å². The van der Waals surface area contributed by atoms with Gasteiger partial charge in [0.2, 0.25) is 0 Å². The van der Waals surface area contributed by atoms with Gasteiger partial charge in [-0.3, -0.25) is 0 Å². The highest BCUT2D eigenvalue weighted by Crippen LogP contribution is 2.33. The predicted molar refractivity (Wildman–Crippen MR) is 91.6 cm³/mol. The molecule has 0 saturated heterocycles. The normalized spacial score (nSPS) is 11.8. The molecule has 0 aromatic heterocycles. The summed E-state index contributed by atoms with van der Waals surface area (Å²) in [6.45, 7) is 5.54. The number of nitrogens with one attached hydrogen (secondary N) is 1. The second-order valence-corrected chi connectivity index (χ2v) is 6.60. The molecular weight excluding hydrogens is 347 g/mol. The first kappa shape index (κ1) is 19.6. The summed E-state index contributed by atoms with van der Waals surface area (Å²) in [5, 5.41) is 2.62. The molecule has 0 unspecified atom stereocenters. The molecule has 0 bridgehead atoms. The molecule has 1 N–H and O–H groups in total. The van der Waals surface area contributed by atoms with E-state index in [-0.39, 0.29) is 12.3 Å². The van der Waals surface area contributed by atoms with Gasteiger partial charge in [0.15, 0.2) is 0 Å². The van der Waals surface area contributed by atoms with Gasteiger partial charge >= 0.3 is 12.5 Å². The average Bonchev–Trinajstić information content (AvgIpc) is 2.51. The van der Waals surface area contributed by atoms with Crippen molar-refractivity contribution in [1.82, 2.24) is 5.32 Å². The molecule has 0 fully saturated rings. The van der Waals surface area contributed by atoms with Crippen LogP contribution in [0.3, 0.4) is 0 Å². The zero-order valence-corrected chi connectivity index (χ0v) is 14.7. The van der Waals surface area contributed by atoms with E-state index >= 15 is 0 Å². The second kappa shape index (κ2) is 7.68. The predicted octanol–water partition coefficient (Wildman–Crippen LogP) is 5.28. The Bertz CT molecular complexity index is 750. The maximum atomic E-state index is 12.5. The van der Waals surface area contributed by atoms with Crippen molar-refractivity contribution >= 4 is 6.09 Å². The molecule has 0 aliphatic rings. The smallest absolute Gasteiger partial charge is 0.444 e. The minimum absolute atomic E-state index is 0.246. The quantitative estimate of drug-likeness (QED) is 0.800. The summed E-state index contributed by atoms with van der Waals surface area (Å²) in [6.07, 6.45) is -5.29. The van der Waals surface area contributed by atoms with Crippen LogP contribution >= 0.6 is 0 Å². The zero-order chi connectivity index (χ0) is 19.4. The summed E-state index contributed by atoms with van der Waals surface area (Å²) in [5.74, 6) is -0.264. The molecular formula is C19H20F3NO3. The van der Waals surface area contributed by atoms with Crippen LogP contribution in [0.15, 0.2) is 48.5 Å². The number of carbonyl (C=O) groups is 1. The van der Waals surface area contributed by atoms with Crippen molar-refractivity contribution in [1.29, 1.82) is 0 Å². The Labute approximate surface area is 149 Å².